The van der Waals surface area contributed by atoms with Gasteiger partial charge in [0.1, 0.15) is 22.4 Å². The van der Waals surface area contributed by atoms with Crippen LogP contribution in [-0.2, 0) is 30.2 Å². The molecule has 3 amide bonds. The summed E-state index contributed by atoms with van der Waals surface area (Å²) in [7, 11) is -3.86. The molecule has 4 N–H and O–H groups in total. The first-order valence-electron chi connectivity index (χ1n) is 22.7. The number of carbonyl (C=O) groups is 5. The van der Waals surface area contributed by atoms with Crippen molar-refractivity contribution in [1.82, 2.24) is 14.6 Å². The van der Waals surface area contributed by atoms with Gasteiger partial charge < -0.3 is 29.6 Å². The molecule has 6 heterocycles. The summed E-state index contributed by atoms with van der Waals surface area (Å²) < 4.78 is 56.4. The average molecular weight is 1010 g/mol. The second-order valence-corrected chi connectivity index (χ2v) is 22.0. The van der Waals surface area contributed by atoms with Gasteiger partial charge in [-0.05, 0) is 110 Å². The molecular formula is C49H46ClFN6O11S2. The molecule has 0 aliphatic carbocycles. The number of anilines is 3. The third-order valence-corrected chi connectivity index (χ3v) is 17.4. The number of hydrogen-bond acceptors (Lipinski definition) is 13. The summed E-state index contributed by atoms with van der Waals surface area (Å²) in [6, 6.07) is 18.3. The van der Waals surface area contributed by atoms with Crippen molar-refractivity contribution in [3.8, 4) is 16.2 Å². The van der Waals surface area contributed by atoms with Crippen molar-refractivity contribution >= 4 is 102 Å². The van der Waals surface area contributed by atoms with Crippen LogP contribution in [0.3, 0.4) is 0 Å². The van der Waals surface area contributed by atoms with Crippen LogP contribution in [0.25, 0.3) is 32.3 Å². The van der Waals surface area contributed by atoms with E-state index in [1.54, 1.807) is 24.3 Å². The van der Waals surface area contributed by atoms with E-state index in [4.69, 9.17) is 30.8 Å². The van der Waals surface area contributed by atoms with Crippen molar-refractivity contribution in [2.75, 3.05) is 41.4 Å². The van der Waals surface area contributed by atoms with Crippen LogP contribution in [-0.4, -0.2) is 101 Å². The molecule has 17 nitrogen and oxygen atoms in total. The minimum atomic E-state index is -3.86. The maximum atomic E-state index is 15.3. The molecule has 0 bridgehead atoms. The van der Waals surface area contributed by atoms with Gasteiger partial charge >= 0.3 is 11.9 Å². The van der Waals surface area contributed by atoms with E-state index in [0.717, 1.165) is 40.5 Å². The Morgan fingerprint density at radius 3 is 2.53 bits per heavy atom. The number of amides is 3. The predicted molar refractivity (Wildman–Crippen MR) is 260 cm³/mol. The van der Waals surface area contributed by atoms with E-state index < -0.39 is 51.9 Å². The number of nitrogens with one attached hydrogen (secondary N) is 2. The molecule has 10 rings (SSSR count). The van der Waals surface area contributed by atoms with Crippen LogP contribution in [0.4, 0.5) is 21.8 Å². The summed E-state index contributed by atoms with van der Waals surface area (Å²) in [6.45, 7) is 4.28. The Labute approximate surface area is 409 Å². The molecule has 70 heavy (non-hydrogen) atoms. The number of piperidine rings is 3. The number of imide groups is 1. The van der Waals surface area contributed by atoms with Gasteiger partial charge in [0.05, 0.1) is 22.0 Å². The van der Waals surface area contributed by atoms with Gasteiger partial charge in [-0.3, -0.25) is 24.6 Å². The molecule has 2 unspecified atom stereocenters. The number of hydrogen-bond donors (Lipinski definition) is 4. The zero-order valence-electron chi connectivity index (χ0n) is 37.8. The lowest BCUT2D eigenvalue weighted by Crippen LogP contribution is -2.55. The van der Waals surface area contributed by atoms with Gasteiger partial charge in [0.25, 0.3) is 11.9 Å². The smallest absolute Gasteiger partial charge is 0.349 e. The second kappa shape index (κ2) is 18.0. The molecule has 0 spiro atoms. The number of halogens is 2. The van der Waals surface area contributed by atoms with Crippen LogP contribution < -0.4 is 25.2 Å². The molecule has 0 radical (unpaired) electrons. The van der Waals surface area contributed by atoms with Gasteiger partial charge in [0.15, 0.2) is 22.8 Å². The van der Waals surface area contributed by atoms with E-state index in [0.29, 0.717) is 65.4 Å². The highest BCUT2D eigenvalue weighted by Gasteiger charge is 2.43. The van der Waals surface area contributed by atoms with Crippen LogP contribution in [0, 0.1) is 5.82 Å². The van der Waals surface area contributed by atoms with Crippen LogP contribution >= 0.6 is 22.9 Å². The topological polar surface area (TPSA) is 229 Å². The van der Waals surface area contributed by atoms with Crippen molar-refractivity contribution in [3.05, 3.63) is 99.1 Å². The summed E-state index contributed by atoms with van der Waals surface area (Å²) in [5.41, 5.74) is 3.54. The predicted octanol–water partition coefficient (Wildman–Crippen LogP) is 8.00. The van der Waals surface area contributed by atoms with Crippen molar-refractivity contribution in [2.45, 2.75) is 81.7 Å². The van der Waals surface area contributed by atoms with Crippen LogP contribution in [0.5, 0.6) is 5.75 Å². The second-order valence-electron chi connectivity index (χ2n) is 18.7. The maximum absolute atomic E-state index is 15.3. The Kier molecular flexibility index (Phi) is 12.1. The number of aromatic carboxylic acids is 1. The van der Waals surface area contributed by atoms with E-state index in [9.17, 15) is 37.5 Å². The van der Waals surface area contributed by atoms with Crippen LogP contribution in [0.15, 0.2) is 71.1 Å². The number of benzene rings is 4. The zero-order valence-corrected chi connectivity index (χ0v) is 40.2. The summed E-state index contributed by atoms with van der Waals surface area (Å²) in [5, 5.41) is 26.0. The molecule has 4 aliphatic heterocycles. The monoisotopic (exact) mass is 1010 g/mol. The average Bonchev–Trinajstić information content (AvgIpc) is 3.98. The zero-order chi connectivity index (χ0) is 49.4. The Morgan fingerprint density at radius 1 is 1.01 bits per heavy atom. The number of fused-ring (bicyclic) bond motifs is 1. The number of ether oxygens (including phenoxy) is 1. The first-order chi connectivity index (χ1) is 33.4. The Bertz CT molecular complexity index is 3300. The van der Waals surface area contributed by atoms with E-state index in [1.807, 2.05) is 38.1 Å². The van der Waals surface area contributed by atoms with E-state index in [1.165, 1.54) is 27.4 Å². The number of oxazole rings is 1. The van der Waals surface area contributed by atoms with E-state index >= 15 is 4.39 Å². The number of thiophene rings is 1. The highest BCUT2D eigenvalue weighted by Crippen LogP contribution is 2.47. The van der Waals surface area contributed by atoms with Crippen molar-refractivity contribution < 1.29 is 56.1 Å². The van der Waals surface area contributed by atoms with Crippen LogP contribution in [0.1, 0.15) is 89.4 Å². The molecule has 364 valence electrons. The molecule has 4 aliphatic rings. The third kappa shape index (κ3) is 8.60. The van der Waals surface area contributed by atoms with E-state index in [-0.39, 0.29) is 75.1 Å². The van der Waals surface area contributed by atoms with Crippen molar-refractivity contribution in [3.63, 3.8) is 0 Å². The Balaban J connectivity index is 0.785. The van der Waals surface area contributed by atoms with Gasteiger partial charge in [0, 0.05) is 48.6 Å². The molecule has 21 heteroatoms. The fourth-order valence-electron chi connectivity index (χ4n) is 10.5. The first-order valence-corrected chi connectivity index (χ1v) is 25.5. The minimum Gasteiger partial charge on any atom is -0.479 e. The minimum absolute atomic E-state index is 0.103. The number of aliphatic carboxylic acids is 1. The van der Waals surface area contributed by atoms with Gasteiger partial charge in [0.2, 0.25) is 21.8 Å². The van der Waals surface area contributed by atoms with Gasteiger partial charge in [-0.15, -0.1) is 11.3 Å². The standard InChI is InChI=1S/C49H46ClFN6O11S2/c1-49(2)22-28(52-33-21-27(7-9-32(33)51)43-41(50)42(67-23-39(59)60)44(69-43)47(63)64)16-19-56(49)70(65,66)24-25-6-12-37-34(20-25)53-48(68-37)55-17-14-26(15-18-55)29-8-10-35-40-30(29)4-3-5-31(40)46(62)57(35)36-11-13-38(58)54-45(36)61/h3-10,12,20-21,26,28,36,52H,11,13-19,22-24H2,1-2H3,(H,59,60)(H,63,64)(H,54,58,61). The number of rotatable bonds is 13. The lowest BCUT2D eigenvalue weighted by molar-refractivity contribution is -0.139. The summed E-state index contributed by atoms with van der Waals surface area (Å²) in [6.07, 6.45) is 2.68. The fourth-order valence-corrected chi connectivity index (χ4v) is 13.9. The van der Waals surface area contributed by atoms with E-state index in [2.05, 4.69) is 15.5 Å². The molecule has 4 aromatic carbocycles. The van der Waals surface area contributed by atoms with Gasteiger partial charge in [-0.2, -0.15) is 9.29 Å². The quantitative estimate of drug-likeness (QED) is 0.0804. The van der Waals surface area contributed by atoms with Gasteiger partial charge in [-0.1, -0.05) is 41.9 Å². The van der Waals surface area contributed by atoms with Crippen molar-refractivity contribution in [1.29, 1.82) is 0 Å². The molecule has 2 aromatic heterocycles. The number of nitrogens with zero attached hydrogens (tertiary/aromatic N) is 4. The number of carboxylic acids is 2. The molecule has 3 saturated heterocycles. The summed E-state index contributed by atoms with van der Waals surface area (Å²) in [5.74, 6) is -4.71. The molecular weight excluding hydrogens is 967 g/mol. The fraction of sp³-hybridized carbons (Fsp3) is 0.347. The third-order valence-electron chi connectivity index (χ3n) is 13.6. The SMILES string of the molecule is CC1(C)CC(Nc2cc(-c3sc(C(=O)O)c(OCC(=O)O)c3Cl)ccc2F)CCN1S(=O)(=O)Cc1ccc2oc(N3CCC(c4ccc5c6c(cccc46)C(=O)N5C4CCC(=O)NC4=O)CC3)nc2c1. The Hall–Kier alpha value is -6.61. The molecule has 6 aromatic rings. The maximum Gasteiger partial charge on any atom is 0.349 e. The number of carbonyl (C=O) groups excluding carboxylic acids is 3. The highest BCUT2D eigenvalue weighted by molar-refractivity contribution is 7.88. The highest BCUT2D eigenvalue weighted by atomic mass is 35.5. The largest absolute Gasteiger partial charge is 0.479 e. The Morgan fingerprint density at radius 2 is 1.80 bits per heavy atom. The van der Waals surface area contributed by atoms with Crippen molar-refractivity contribution in [2.24, 2.45) is 0 Å². The van der Waals surface area contributed by atoms with Crippen LogP contribution in [0.2, 0.25) is 5.02 Å². The first kappa shape index (κ1) is 47.1. The summed E-state index contributed by atoms with van der Waals surface area (Å²) in [4.78, 5) is 69.7. The number of carboxylic acid groups (broad SMARTS) is 2. The lowest BCUT2D eigenvalue weighted by Gasteiger charge is -2.45. The van der Waals surface area contributed by atoms with Gasteiger partial charge in [-0.25, -0.2) is 22.4 Å². The molecule has 0 saturated carbocycles. The number of sulfonamides is 1. The lowest BCUT2D eigenvalue weighted by atomic mass is 9.85. The molecule has 3 fully saturated rings. The normalized spacial score (nSPS) is 19.8. The molecule has 2 atom stereocenters. The summed E-state index contributed by atoms with van der Waals surface area (Å²) >= 11 is 7.25. The number of aromatic nitrogens is 1.